The predicted molar refractivity (Wildman–Crippen MR) is 126 cm³/mol. The Hall–Kier alpha value is -3.65. The Bertz CT molecular complexity index is 1400. The van der Waals surface area contributed by atoms with Crippen LogP contribution in [0, 0.1) is 0 Å². The van der Waals surface area contributed by atoms with Gasteiger partial charge in [0.2, 0.25) is 0 Å². The number of allylic oxidation sites excluding steroid dienone is 1. The van der Waals surface area contributed by atoms with Gasteiger partial charge >= 0.3 is 5.97 Å². The fraction of sp³-hybridized carbons (Fsp3) is 0.240. The van der Waals surface area contributed by atoms with Gasteiger partial charge in [0, 0.05) is 0 Å². The summed E-state index contributed by atoms with van der Waals surface area (Å²) in [5, 5.41) is 0. The van der Waals surface area contributed by atoms with E-state index in [4.69, 9.17) is 14.2 Å². The van der Waals surface area contributed by atoms with Gasteiger partial charge < -0.3 is 14.2 Å². The number of hydrogen-bond acceptors (Lipinski definition) is 7. The van der Waals surface area contributed by atoms with Gasteiger partial charge in [-0.3, -0.25) is 9.36 Å². The molecular weight excluding hydrogens is 440 g/mol. The molecular formula is C25H24N2O5S. The number of carbonyl (C=O) groups excluding carboxylic acids is 1. The van der Waals surface area contributed by atoms with E-state index >= 15 is 0 Å². The van der Waals surface area contributed by atoms with Crippen LogP contribution in [0.2, 0.25) is 0 Å². The van der Waals surface area contributed by atoms with Gasteiger partial charge in [-0.05, 0) is 43.2 Å². The van der Waals surface area contributed by atoms with Crippen molar-refractivity contribution in [2.45, 2.75) is 19.9 Å². The van der Waals surface area contributed by atoms with E-state index in [0.717, 1.165) is 11.1 Å². The van der Waals surface area contributed by atoms with Crippen LogP contribution in [-0.4, -0.2) is 31.4 Å². The molecule has 1 atom stereocenters. The summed E-state index contributed by atoms with van der Waals surface area (Å²) in [5.41, 5.74) is 2.29. The summed E-state index contributed by atoms with van der Waals surface area (Å²) >= 11 is 1.28. The van der Waals surface area contributed by atoms with E-state index in [1.807, 2.05) is 36.4 Å². The van der Waals surface area contributed by atoms with Gasteiger partial charge in [0.15, 0.2) is 16.3 Å². The van der Waals surface area contributed by atoms with Crippen LogP contribution < -0.4 is 24.4 Å². The molecule has 1 aliphatic rings. The minimum absolute atomic E-state index is 0.225. The lowest BCUT2D eigenvalue weighted by atomic mass is 9.96. The van der Waals surface area contributed by atoms with Crippen molar-refractivity contribution in [3.8, 4) is 11.5 Å². The van der Waals surface area contributed by atoms with Gasteiger partial charge in [-0.25, -0.2) is 9.79 Å². The summed E-state index contributed by atoms with van der Waals surface area (Å²) in [6, 6.07) is 14.3. The molecule has 2 aromatic carbocycles. The first kappa shape index (κ1) is 22.5. The molecule has 0 N–H and O–H groups in total. The highest BCUT2D eigenvalue weighted by Crippen LogP contribution is 2.31. The summed E-state index contributed by atoms with van der Waals surface area (Å²) in [4.78, 5) is 31.5. The number of thiazole rings is 1. The van der Waals surface area contributed by atoms with Crippen LogP contribution in [0.15, 0.2) is 69.6 Å². The van der Waals surface area contributed by atoms with Crippen molar-refractivity contribution in [1.29, 1.82) is 0 Å². The van der Waals surface area contributed by atoms with Gasteiger partial charge in [0.1, 0.15) is 0 Å². The fourth-order valence-electron chi connectivity index (χ4n) is 3.84. The maximum absolute atomic E-state index is 13.6. The van der Waals surface area contributed by atoms with Crippen molar-refractivity contribution in [2.75, 3.05) is 20.8 Å². The number of aromatic nitrogens is 1. The van der Waals surface area contributed by atoms with Crippen molar-refractivity contribution in [1.82, 2.24) is 4.57 Å². The SMILES string of the molecule is CCOC(=O)C1=C(C)N=c2sc(=Cc3ccc(OC)c(OC)c3)c(=O)n2C1c1ccccc1. The van der Waals surface area contributed by atoms with Crippen LogP contribution in [0.4, 0.5) is 0 Å². The third-order valence-electron chi connectivity index (χ3n) is 5.34. The summed E-state index contributed by atoms with van der Waals surface area (Å²) < 4.78 is 18.1. The summed E-state index contributed by atoms with van der Waals surface area (Å²) in [5.74, 6) is 0.707. The first-order chi connectivity index (χ1) is 16.0. The largest absolute Gasteiger partial charge is 0.493 e. The highest BCUT2D eigenvalue weighted by atomic mass is 32.1. The lowest BCUT2D eigenvalue weighted by Gasteiger charge is -2.24. The molecule has 0 fully saturated rings. The number of methoxy groups -OCH3 is 2. The molecule has 7 nitrogen and oxygen atoms in total. The Morgan fingerprint density at radius 3 is 2.52 bits per heavy atom. The number of ether oxygens (including phenoxy) is 3. The second-order valence-electron chi connectivity index (χ2n) is 7.33. The van der Waals surface area contributed by atoms with Crippen molar-refractivity contribution < 1.29 is 19.0 Å². The quantitative estimate of drug-likeness (QED) is 0.524. The minimum atomic E-state index is -0.617. The highest BCUT2D eigenvalue weighted by molar-refractivity contribution is 7.07. The lowest BCUT2D eigenvalue weighted by molar-refractivity contribution is -0.139. The lowest BCUT2D eigenvalue weighted by Crippen LogP contribution is -2.39. The maximum atomic E-state index is 13.6. The molecule has 3 aromatic rings. The third kappa shape index (κ3) is 4.21. The number of benzene rings is 2. The molecule has 0 radical (unpaired) electrons. The highest BCUT2D eigenvalue weighted by Gasteiger charge is 2.33. The molecule has 170 valence electrons. The molecule has 0 amide bonds. The second-order valence-corrected chi connectivity index (χ2v) is 8.34. The molecule has 1 unspecified atom stereocenters. The molecule has 0 bridgehead atoms. The number of rotatable bonds is 6. The van der Waals surface area contributed by atoms with E-state index in [0.29, 0.717) is 32.1 Å². The second kappa shape index (κ2) is 9.46. The van der Waals surface area contributed by atoms with Crippen LogP contribution in [0.3, 0.4) is 0 Å². The van der Waals surface area contributed by atoms with Crippen molar-refractivity contribution >= 4 is 23.4 Å². The number of esters is 1. The minimum Gasteiger partial charge on any atom is -0.493 e. The molecule has 0 saturated carbocycles. The standard InChI is InChI=1S/C25H24N2O5S/c1-5-32-24(29)21-15(2)26-25-27(22(21)17-9-7-6-8-10-17)23(28)20(33-25)14-16-11-12-18(30-3)19(13-16)31-4/h6-14,22H,5H2,1-4H3. The van der Waals surface area contributed by atoms with E-state index in [2.05, 4.69) is 4.99 Å². The van der Waals surface area contributed by atoms with Gasteiger partial charge in [0.05, 0.1) is 42.7 Å². The number of nitrogens with zero attached hydrogens (tertiary/aromatic N) is 2. The summed E-state index contributed by atoms with van der Waals surface area (Å²) in [6.45, 7) is 3.76. The zero-order chi connectivity index (χ0) is 23.5. The average molecular weight is 465 g/mol. The van der Waals surface area contributed by atoms with Gasteiger partial charge in [0.25, 0.3) is 5.56 Å². The van der Waals surface area contributed by atoms with E-state index < -0.39 is 12.0 Å². The average Bonchev–Trinajstić information content (AvgIpc) is 3.13. The van der Waals surface area contributed by atoms with E-state index in [-0.39, 0.29) is 12.2 Å². The molecule has 0 aliphatic carbocycles. The Kier molecular flexibility index (Phi) is 6.46. The Labute approximate surface area is 194 Å². The Morgan fingerprint density at radius 1 is 1.12 bits per heavy atom. The first-order valence-corrected chi connectivity index (χ1v) is 11.3. The zero-order valence-corrected chi connectivity index (χ0v) is 19.6. The molecule has 1 aromatic heterocycles. The fourth-order valence-corrected chi connectivity index (χ4v) is 4.88. The molecule has 33 heavy (non-hydrogen) atoms. The smallest absolute Gasteiger partial charge is 0.338 e. The monoisotopic (exact) mass is 464 g/mol. The van der Waals surface area contributed by atoms with Crippen LogP contribution in [0.25, 0.3) is 6.08 Å². The van der Waals surface area contributed by atoms with E-state index in [1.54, 1.807) is 50.8 Å². The number of fused-ring (bicyclic) bond motifs is 1. The molecule has 4 rings (SSSR count). The maximum Gasteiger partial charge on any atom is 0.338 e. The van der Waals surface area contributed by atoms with E-state index in [9.17, 15) is 9.59 Å². The van der Waals surface area contributed by atoms with Gasteiger partial charge in [-0.2, -0.15) is 0 Å². The summed E-state index contributed by atoms with van der Waals surface area (Å²) in [6.07, 6.45) is 1.79. The van der Waals surface area contributed by atoms with Crippen LogP contribution in [0.5, 0.6) is 11.5 Å². The predicted octanol–water partition coefficient (Wildman–Crippen LogP) is 2.82. The van der Waals surface area contributed by atoms with E-state index in [1.165, 1.54) is 11.3 Å². The topological polar surface area (TPSA) is 79.1 Å². The molecule has 1 aliphatic heterocycles. The number of hydrogen-bond donors (Lipinski definition) is 0. The zero-order valence-electron chi connectivity index (χ0n) is 18.8. The van der Waals surface area contributed by atoms with Crippen LogP contribution in [0.1, 0.15) is 31.0 Å². The van der Waals surface area contributed by atoms with Gasteiger partial charge in [-0.15, -0.1) is 0 Å². The van der Waals surface area contributed by atoms with Crippen LogP contribution in [-0.2, 0) is 9.53 Å². The first-order valence-electron chi connectivity index (χ1n) is 10.4. The Balaban J connectivity index is 1.92. The number of carbonyl (C=O) groups is 1. The molecule has 0 spiro atoms. The molecule has 8 heteroatoms. The molecule has 0 saturated heterocycles. The van der Waals surface area contributed by atoms with Crippen LogP contribution >= 0.6 is 11.3 Å². The normalized spacial score (nSPS) is 15.6. The van der Waals surface area contributed by atoms with Gasteiger partial charge in [-0.1, -0.05) is 47.7 Å². The Morgan fingerprint density at radius 2 is 1.85 bits per heavy atom. The van der Waals surface area contributed by atoms with Crippen molar-refractivity contribution in [2.24, 2.45) is 4.99 Å². The molecule has 2 heterocycles. The van der Waals surface area contributed by atoms with Crippen molar-refractivity contribution in [3.05, 3.63) is 90.6 Å². The third-order valence-corrected chi connectivity index (χ3v) is 6.32. The summed E-state index contributed by atoms with van der Waals surface area (Å²) in [7, 11) is 3.14. The van der Waals surface area contributed by atoms with Crippen molar-refractivity contribution in [3.63, 3.8) is 0 Å².